The van der Waals surface area contributed by atoms with Crippen LogP contribution in [0.3, 0.4) is 0 Å². The van der Waals surface area contributed by atoms with Crippen LogP contribution in [-0.4, -0.2) is 47.6 Å². The first-order valence-electron chi connectivity index (χ1n) is 4.87. The Morgan fingerprint density at radius 2 is 2.14 bits per heavy atom. The molecule has 14 heavy (non-hydrogen) atoms. The molecule has 0 radical (unpaired) electrons. The highest BCUT2D eigenvalue weighted by molar-refractivity contribution is 5.83. The summed E-state index contributed by atoms with van der Waals surface area (Å²) in [6.45, 7) is 2.69. The van der Waals surface area contributed by atoms with Crippen LogP contribution in [0.15, 0.2) is 0 Å². The summed E-state index contributed by atoms with van der Waals surface area (Å²) in [7, 11) is 0. The minimum Gasteiger partial charge on any atom is -0.480 e. The fourth-order valence-corrected chi connectivity index (χ4v) is 1.29. The van der Waals surface area contributed by atoms with E-state index in [9.17, 15) is 9.59 Å². The van der Waals surface area contributed by atoms with E-state index in [1.165, 1.54) is 4.90 Å². The van der Waals surface area contributed by atoms with Gasteiger partial charge in [0, 0.05) is 6.04 Å². The van der Waals surface area contributed by atoms with Crippen molar-refractivity contribution in [3.8, 4) is 0 Å². The van der Waals surface area contributed by atoms with E-state index in [0.717, 1.165) is 19.4 Å². The van der Waals surface area contributed by atoms with Crippen molar-refractivity contribution in [1.29, 1.82) is 0 Å². The molecule has 1 rings (SSSR count). The van der Waals surface area contributed by atoms with Gasteiger partial charge in [-0.05, 0) is 19.4 Å². The molecule has 1 saturated carbocycles. The minimum atomic E-state index is -0.943. The number of carbonyl (C=O) groups excluding carboxylic acids is 1. The molecule has 0 bridgehead atoms. The molecular weight excluding hydrogens is 184 g/mol. The SMILES string of the molecule is CCNCC(=O)N(CC(=O)O)C1CC1. The van der Waals surface area contributed by atoms with Crippen molar-refractivity contribution in [2.45, 2.75) is 25.8 Å². The Hall–Kier alpha value is -1.10. The summed E-state index contributed by atoms with van der Waals surface area (Å²) in [5.41, 5.74) is 0. The molecule has 0 atom stereocenters. The molecule has 2 N–H and O–H groups in total. The van der Waals surface area contributed by atoms with E-state index in [0.29, 0.717) is 0 Å². The van der Waals surface area contributed by atoms with Gasteiger partial charge in [-0.1, -0.05) is 6.92 Å². The third kappa shape index (κ3) is 3.33. The van der Waals surface area contributed by atoms with Gasteiger partial charge in [0.15, 0.2) is 0 Å². The number of nitrogens with one attached hydrogen (secondary N) is 1. The van der Waals surface area contributed by atoms with Gasteiger partial charge in [-0.15, -0.1) is 0 Å². The van der Waals surface area contributed by atoms with Crippen LogP contribution in [0.4, 0.5) is 0 Å². The number of hydrogen-bond acceptors (Lipinski definition) is 3. The van der Waals surface area contributed by atoms with Crippen molar-refractivity contribution in [3.63, 3.8) is 0 Å². The molecule has 0 aromatic heterocycles. The number of carboxylic acids is 1. The van der Waals surface area contributed by atoms with Gasteiger partial charge in [0.25, 0.3) is 0 Å². The van der Waals surface area contributed by atoms with Crippen molar-refractivity contribution in [3.05, 3.63) is 0 Å². The Labute approximate surface area is 83.1 Å². The number of aliphatic carboxylic acids is 1. The van der Waals surface area contributed by atoms with E-state index in [1.807, 2.05) is 6.92 Å². The maximum Gasteiger partial charge on any atom is 0.323 e. The number of amides is 1. The zero-order valence-electron chi connectivity index (χ0n) is 8.32. The second-order valence-electron chi connectivity index (χ2n) is 3.43. The molecular formula is C9H16N2O3. The summed E-state index contributed by atoms with van der Waals surface area (Å²) in [5, 5.41) is 11.5. The van der Waals surface area contributed by atoms with Gasteiger partial charge in [-0.3, -0.25) is 9.59 Å². The molecule has 1 fully saturated rings. The molecule has 0 aromatic rings. The number of likely N-dealkylation sites (N-methyl/N-ethyl adjacent to an activating group) is 1. The maximum atomic E-state index is 11.5. The molecule has 0 saturated heterocycles. The zero-order valence-corrected chi connectivity index (χ0v) is 8.32. The first-order chi connectivity index (χ1) is 6.65. The highest BCUT2D eigenvalue weighted by Gasteiger charge is 2.33. The standard InChI is InChI=1S/C9H16N2O3/c1-2-10-5-8(12)11(6-9(13)14)7-3-4-7/h7,10H,2-6H2,1H3,(H,13,14). The highest BCUT2D eigenvalue weighted by Crippen LogP contribution is 2.26. The van der Waals surface area contributed by atoms with Crippen LogP contribution in [0, 0.1) is 0 Å². The first kappa shape index (κ1) is 11.0. The fraction of sp³-hybridized carbons (Fsp3) is 0.778. The van der Waals surface area contributed by atoms with Crippen LogP contribution in [0.25, 0.3) is 0 Å². The summed E-state index contributed by atoms with van der Waals surface area (Å²) in [6.07, 6.45) is 1.87. The third-order valence-corrected chi connectivity index (χ3v) is 2.14. The van der Waals surface area contributed by atoms with Crippen LogP contribution < -0.4 is 5.32 Å². The average molecular weight is 200 g/mol. The number of carbonyl (C=O) groups is 2. The number of rotatable bonds is 6. The van der Waals surface area contributed by atoms with Crippen LogP contribution in [-0.2, 0) is 9.59 Å². The third-order valence-electron chi connectivity index (χ3n) is 2.14. The Morgan fingerprint density at radius 1 is 1.50 bits per heavy atom. The quantitative estimate of drug-likeness (QED) is 0.616. The van der Waals surface area contributed by atoms with Gasteiger partial charge < -0.3 is 15.3 Å². The molecule has 0 spiro atoms. The van der Waals surface area contributed by atoms with Gasteiger partial charge in [-0.25, -0.2) is 0 Å². The monoisotopic (exact) mass is 200 g/mol. The van der Waals surface area contributed by atoms with Gasteiger partial charge in [0.05, 0.1) is 6.54 Å². The predicted molar refractivity (Wildman–Crippen MR) is 50.9 cm³/mol. The van der Waals surface area contributed by atoms with E-state index in [1.54, 1.807) is 0 Å². The molecule has 0 aliphatic heterocycles. The van der Waals surface area contributed by atoms with Crippen LogP contribution in [0.2, 0.25) is 0 Å². The molecule has 5 nitrogen and oxygen atoms in total. The summed E-state index contributed by atoms with van der Waals surface area (Å²) < 4.78 is 0. The van der Waals surface area contributed by atoms with E-state index < -0.39 is 5.97 Å². The lowest BCUT2D eigenvalue weighted by Crippen LogP contribution is -2.42. The Balaban J connectivity index is 2.40. The highest BCUT2D eigenvalue weighted by atomic mass is 16.4. The maximum absolute atomic E-state index is 11.5. The van der Waals surface area contributed by atoms with Gasteiger partial charge in [0.1, 0.15) is 6.54 Å². The number of carboxylic acid groups (broad SMARTS) is 1. The second kappa shape index (κ2) is 4.95. The van der Waals surface area contributed by atoms with Crippen LogP contribution in [0.1, 0.15) is 19.8 Å². The number of hydrogen-bond donors (Lipinski definition) is 2. The van der Waals surface area contributed by atoms with Gasteiger partial charge in [0.2, 0.25) is 5.91 Å². The number of nitrogens with zero attached hydrogens (tertiary/aromatic N) is 1. The topological polar surface area (TPSA) is 69.6 Å². The van der Waals surface area contributed by atoms with Gasteiger partial charge >= 0.3 is 5.97 Å². The Bertz CT molecular complexity index is 226. The van der Waals surface area contributed by atoms with Crippen LogP contribution in [0.5, 0.6) is 0 Å². The van der Waals surface area contributed by atoms with Crippen molar-refractivity contribution >= 4 is 11.9 Å². The fourth-order valence-electron chi connectivity index (χ4n) is 1.29. The molecule has 0 heterocycles. The smallest absolute Gasteiger partial charge is 0.323 e. The molecule has 80 valence electrons. The van der Waals surface area contributed by atoms with Crippen molar-refractivity contribution in [2.75, 3.05) is 19.6 Å². The van der Waals surface area contributed by atoms with Crippen LogP contribution >= 0.6 is 0 Å². The molecule has 1 aliphatic rings. The molecule has 0 unspecified atom stereocenters. The van der Waals surface area contributed by atoms with Crippen molar-refractivity contribution < 1.29 is 14.7 Å². The predicted octanol–water partition coefficient (Wildman–Crippen LogP) is -0.328. The van der Waals surface area contributed by atoms with E-state index in [2.05, 4.69) is 5.32 Å². The minimum absolute atomic E-state index is 0.114. The lowest BCUT2D eigenvalue weighted by molar-refractivity contribution is -0.144. The lowest BCUT2D eigenvalue weighted by Gasteiger charge is -2.20. The van der Waals surface area contributed by atoms with E-state index in [4.69, 9.17) is 5.11 Å². The Morgan fingerprint density at radius 3 is 2.57 bits per heavy atom. The van der Waals surface area contributed by atoms with Gasteiger partial charge in [-0.2, -0.15) is 0 Å². The summed E-state index contributed by atoms with van der Waals surface area (Å²) in [4.78, 5) is 23.5. The molecule has 0 aromatic carbocycles. The molecule has 1 amide bonds. The summed E-state index contributed by atoms with van der Waals surface area (Å²) >= 11 is 0. The average Bonchev–Trinajstić information content (AvgIpc) is 2.93. The zero-order chi connectivity index (χ0) is 10.6. The van der Waals surface area contributed by atoms with E-state index in [-0.39, 0.29) is 25.0 Å². The molecule has 1 aliphatic carbocycles. The summed E-state index contributed by atoms with van der Waals surface area (Å²) in [6, 6.07) is 0.164. The second-order valence-corrected chi connectivity index (χ2v) is 3.43. The van der Waals surface area contributed by atoms with Crippen molar-refractivity contribution in [2.24, 2.45) is 0 Å². The largest absolute Gasteiger partial charge is 0.480 e. The summed E-state index contributed by atoms with van der Waals surface area (Å²) in [5.74, 6) is -1.06. The first-order valence-corrected chi connectivity index (χ1v) is 4.87. The normalized spacial score (nSPS) is 15.2. The Kier molecular flexibility index (Phi) is 3.88. The lowest BCUT2D eigenvalue weighted by atomic mass is 10.4. The van der Waals surface area contributed by atoms with Crippen molar-refractivity contribution in [1.82, 2.24) is 10.2 Å². The van der Waals surface area contributed by atoms with E-state index >= 15 is 0 Å². The molecule has 5 heteroatoms.